The molecule has 0 radical (unpaired) electrons. The van der Waals surface area contributed by atoms with Crippen LogP contribution in [0.2, 0.25) is 0 Å². The number of unbranched alkanes of at least 4 members (excludes halogenated alkanes) is 1. The second-order valence-electron chi connectivity index (χ2n) is 3.88. The van der Waals surface area contributed by atoms with Gasteiger partial charge in [-0.2, -0.15) is 4.98 Å². The highest BCUT2D eigenvalue weighted by molar-refractivity contribution is 5.89. The summed E-state index contributed by atoms with van der Waals surface area (Å²) in [5.74, 6) is -1.05. The van der Waals surface area contributed by atoms with Gasteiger partial charge in [0.05, 0.1) is 17.5 Å². The number of hydrogen-bond acceptors (Lipinski definition) is 4. The Morgan fingerprint density at radius 3 is 2.83 bits per heavy atom. The predicted octanol–water partition coefficient (Wildman–Crippen LogP) is 2.51. The van der Waals surface area contributed by atoms with Gasteiger partial charge in [-0.3, -0.25) is 0 Å². The molecule has 5 nitrogen and oxygen atoms in total. The van der Waals surface area contributed by atoms with E-state index in [1.54, 1.807) is 12.1 Å². The normalized spacial score (nSPS) is 10.5. The van der Waals surface area contributed by atoms with Crippen molar-refractivity contribution < 1.29 is 14.6 Å². The van der Waals surface area contributed by atoms with E-state index in [9.17, 15) is 4.79 Å². The summed E-state index contributed by atoms with van der Waals surface area (Å²) in [6, 6.07) is 7.22. The van der Waals surface area contributed by atoms with E-state index in [0.717, 1.165) is 18.2 Å². The maximum absolute atomic E-state index is 10.9. The zero-order chi connectivity index (χ0) is 13.0. The Hall–Kier alpha value is -2.17. The fourth-order valence-corrected chi connectivity index (χ4v) is 1.57. The summed E-state index contributed by atoms with van der Waals surface area (Å²) in [5, 5.41) is 9.69. The number of nitrogens with zero attached hydrogens (tertiary/aromatic N) is 2. The summed E-state index contributed by atoms with van der Waals surface area (Å²) < 4.78 is 5.54. The van der Waals surface area contributed by atoms with Crippen LogP contribution in [-0.2, 0) is 0 Å². The van der Waals surface area contributed by atoms with Crippen molar-refractivity contribution in [3.63, 3.8) is 0 Å². The van der Waals surface area contributed by atoms with Gasteiger partial charge in [-0.15, -0.1) is 0 Å². The molecule has 0 aliphatic carbocycles. The summed E-state index contributed by atoms with van der Waals surface area (Å²) >= 11 is 0. The molecule has 0 saturated heterocycles. The highest BCUT2D eigenvalue weighted by Crippen LogP contribution is 2.22. The number of carboxylic acids is 1. The van der Waals surface area contributed by atoms with E-state index in [4.69, 9.17) is 9.84 Å². The molecule has 0 aliphatic rings. The lowest BCUT2D eigenvalue weighted by atomic mass is 10.2. The smallest absolute Gasteiger partial charge is 0.374 e. The minimum absolute atomic E-state index is 0.236. The fourth-order valence-electron chi connectivity index (χ4n) is 1.57. The number of fused-ring (bicyclic) bond motifs is 1. The zero-order valence-electron chi connectivity index (χ0n) is 10.1. The molecule has 0 unspecified atom stereocenters. The van der Waals surface area contributed by atoms with E-state index in [0.29, 0.717) is 18.0 Å². The van der Waals surface area contributed by atoms with Crippen molar-refractivity contribution in [2.24, 2.45) is 0 Å². The lowest BCUT2D eigenvalue weighted by Gasteiger charge is -2.08. The number of para-hydroxylation sites is 1. The molecule has 0 atom stereocenters. The van der Waals surface area contributed by atoms with Crippen LogP contribution in [0.15, 0.2) is 24.3 Å². The quantitative estimate of drug-likeness (QED) is 0.820. The standard InChI is InChI=1S/C13H14N2O3/c1-2-3-8-18-12-9-6-4-5-7-10(9)14-11(15-12)13(16)17/h4-7H,2-3,8H2,1H3,(H,16,17). The molecule has 0 bridgehead atoms. The molecule has 0 aliphatic heterocycles. The Morgan fingerprint density at radius 2 is 2.11 bits per heavy atom. The van der Waals surface area contributed by atoms with Gasteiger partial charge in [0.1, 0.15) is 0 Å². The Balaban J connectivity index is 2.43. The first-order chi connectivity index (χ1) is 8.72. The lowest BCUT2D eigenvalue weighted by Crippen LogP contribution is -2.07. The zero-order valence-corrected chi connectivity index (χ0v) is 10.1. The molecular weight excluding hydrogens is 232 g/mol. The second-order valence-corrected chi connectivity index (χ2v) is 3.88. The fraction of sp³-hybridized carbons (Fsp3) is 0.308. The first kappa shape index (κ1) is 12.3. The molecule has 0 fully saturated rings. The number of rotatable bonds is 5. The van der Waals surface area contributed by atoms with E-state index in [1.165, 1.54) is 0 Å². The third-order valence-corrected chi connectivity index (χ3v) is 2.50. The van der Waals surface area contributed by atoms with Gasteiger partial charge in [-0.1, -0.05) is 25.5 Å². The molecule has 1 aromatic heterocycles. The summed E-state index contributed by atoms with van der Waals surface area (Å²) in [5.41, 5.74) is 0.580. The van der Waals surface area contributed by atoms with Crippen LogP contribution in [0.1, 0.15) is 30.4 Å². The van der Waals surface area contributed by atoms with Crippen LogP contribution in [-0.4, -0.2) is 27.7 Å². The van der Waals surface area contributed by atoms with Crippen LogP contribution in [0.5, 0.6) is 5.88 Å². The van der Waals surface area contributed by atoms with Gasteiger partial charge in [0.15, 0.2) is 0 Å². The van der Waals surface area contributed by atoms with Crippen molar-refractivity contribution in [3.8, 4) is 5.88 Å². The van der Waals surface area contributed by atoms with Gasteiger partial charge in [-0.05, 0) is 18.6 Å². The van der Waals surface area contributed by atoms with Crippen molar-refractivity contribution in [1.29, 1.82) is 0 Å². The Bertz CT molecular complexity index is 569. The molecule has 1 heterocycles. The van der Waals surface area contributed by atoms with E-state index >= 15 is 0 Å². The maximum Gasteiger partial charge on any atom is 0.374 e. The van der Waals surface area contributed by atoms with E-state index in [2.05, 4.69) is 16.9 Å². The lowest BCUT2D eigenvalue weighted by molar-refractivity contribution is 0.0682. The van der Waals surface area contributed by atoms with Gasteiger partial charge < -0.3 is 9.84 Å². The van der Waals surface area contributed by atoms with Crippen LogP contribution in [0.4, 0.5) is 0 Å². The molecule has 0 amide bonds. The Kier molecular flexibility index (Phi) is 3.72. The van der Waals surface area contributed by atoms with Crippen LogP contribution >= 0.6 is 0 Å². The van der Waals surface area contributed by atoms with Crippen molar-refractivity contribution in [2.45, 2.75) is 19.8 Å². The molecule has 1 aromatic carbocycles. The number of carboxylic acid groups (broad SMARTS) is 1. The van der Waals surface area contributed by atoms with Crippen molar-refractivity contribution in [2.75, 3.05) is 6.61 Å². The monoisotopic (exact) mass is 246 g/mol. The van der Waals surface area contributed by atoms with E-state index in [-0.39, 0.29) is 5.82 Å². The highest BCUT2D eigenvalue weighted by atomic mass is 16.5. The first-order valence-electron chi connectivity index (χ1n) is 5.85. The van der Waals surface area contributed by atoms with Gasteiger partial charge in [0, 0.05) is 0 Å². The third kappa shape index (κ3) is 2.56. The van der Waals surface area contributed by atoms with Gasteiger partial charge >= 0.3 is 5.97 Å². The van der Waals surface area contributed by atoms with Crippen molar-refractivity contribution in [3.05, 3.63) is 30.1 Å². The number of aromatic carboxylic acids is 1. The van der Waals surface area contributed by atoms with Crippen LogP contribution in [0.25, 0.3) is 10.9 Å². The van der Waals surface area contributed by atoms with Crippen LogP contribution in [0.3, 0.4) is 0 Å². The molecule has 5 heteroatoms. The van der Waals surface area contributed by atoms with Gasteiger partial charge in [0.25, 0.3) is 0 Å². The largest absolute Gasteiger partial charge is 0.477 e. The molecule has 2 aromatic rings. The minimum Gasteiger partial charge on any atom is -0.477 e. The molecule has 2 rings (SSSR count). The molecule has 18 heavy (non-hydrogen) atoms. The second kappa shape index (κ2) is 5.44. The van der Waals surface area contributed by atoms with Crippen LogP contribution in [0, 0.1) is 0 Å². The summed E-state index contributed by atoms with van der Waals surface area (Å²) in [6.07, 6.45) is 1.91. The summed E-state index contributed by atoms with van der Waals surface area (Å²) in [4.78, 5) is 18.9. The van der Waals surface area contributed by atoms with Crippen molar-refractivity contribution in [1.82, 2.24) is 9.97 Å². The highest BCUT2D eigenvalue weighted by Gasteiger charge is 2.13. The Labute approximate surface area is 104 Å². The SMILES string of the molecule is CCCCOc1nc(C(=O)O)nc2ccccc12. The number of ether oxygens (including phenoxy) is 1. The molecule has 0 spiro atoms. The predicted molar refractivity (Wildman–Crippen MR) is 66.9 cm³/mol. The average Bonchev–Trinajstić information content (AvgIpc) is 2.38. The van der Waals surface area contributed by atoms with E-state index < -0.39 is 5.97 Å². The average molecular weight is 246 g/mol. The van der Waals surface area contributed by atoms with Crippen LogP contribution < -0.4 is 4.74 Å². The summed E-state index contributed by atoms with van der Waals surface area (Å²) in [7, 11) is 0. The molecule has 1 N–H and O–H groups in total. The minimum atomic E-state index is -1.15. The number of hydrogen-bond donors (Lipinski definition) is 1. The van der Waals surface area contributed by atoms with E-state index in [1.807, 2.05) is 12.1 Å². The molecular formula is C13H14N2O3. The number of aromatic nitrogens is 2. The topological polar surface area (TPSA) is 72.3 Å². The Morgan fingerprint density at radius 1 is 1.33 bits per heavy atom. The first-order valence-corrected chi connectivity index (χ1v) is 5.85. The van der Waals surface area contributed by atoms with Gasteiger partial charge in [0.2, 0.25) is 11.7 Å². The molecule has 94 valence electrons. The van der Waals surface area contributed by atoms with Gasteiger partial charge in [-0.25, -0.2) is 9.78 Å². The maximum atomic E-state index is 10.9. The van der Waals surface area contributed by atoms with Crippen molar-refractivity contribution >= 4 is 16.9 Å². The number of benzene rings is 1. The molecule has 0 saturated carbocycles. The third-order valence-electron chi connectivity index (χ3n) is 2.50. The number of carbonyl (C=O) groups is 1. The summed E-state index contributed by atoms with van der Waals surface area (Å²) in [6.45, 7) is 2.58.